The van der Waals surface area contributed by atoms with Gasteiger partial charge in [0.2, 0.25) is 5.41 Å². The Morgan fingerprint density at radius 1 is 1.30 bits per heavy atom. The normalized spacial score (nSPS) is 21.6. The summed E-state index contributed by atoms with van der Waals surface area (Å²) in [5.74, 6) is 0. The molecule has 1 rings (SSSR count). The first-order valence-corrected chi connectivity index (χ1v) is 6.04. The van der Waals surface area contributed by atoms with Crippen molar-refractivity contribution in [3.05, 3.63) is 24.3 Å². The smallest absolute Gasteiger partial charge is 0.202 e. The molecule has 96 valence electrons. The third-order valence-corrected chi connectivity index (χ3v) is 3.51. The van der Waals surface area contributed by atoms with Crippen molar-refractivity contribution >= 4 is 17.4 Å². The van der Waals surface area contributed by atoms with Crippen molar-refractivity contribution in [1.29, 1.82) is 21.0 Å². The number of aliphatic imine (C=N–C) groups is 1. The van der Waals surface area contributed by atoms with Crippen molar-refractivity contribution in [2.45, 2.75) is 18.9 Å². The van der Waals surface area contributed by atoms with E-state index in [0.717, 1.165) is 0 Å². The molecule has 0 radical (unpaired) electrons. The Hall–Kier alpha value is -2.76. The summed E-state index contributed by atoms with van der Waals surface area (Å²) in [6, 6.07) is 6.28. The zero-order valence-corrected chi connectivity index (χ0v) is 11.3. The highest BCUT2D eigenvalue weighted by Gasteiger charge is 2.61. The summed E-state index contributed by atoms with van der Waals surface area (Å²) in [6.45, 7) is 3.60. The zero-order chi connectivity index (χ0) is 15.2. The van der Waals surface area contributed by atoms with Crippen LogP contribution in [0.25, 0.3) is 0 Å². The fourth-order valence-corrected chi connectivity index (χ4v) is 2.40. The summed E-state index contributed by atoms with van der Waals surface area (Å²) in [4.78, 5) is 3.87. The maximum atomic E-state index is 9.47. The Kier molecular flexibility index (Phi) is 4.53. The number of hydrogen-bond acceptors (Lipinski definition) is 6. The second-order valence-corrected chi connectivity index (χ2v) is 4.44. The van der Waals surface area contributed by atoms with Gasteiger partial charge >= 0.3 is 0 Å². The highest BCUT2D eigenvalue weighted by molar-refractivity contribution is 7.78. The van der Waals surface area contributed by atoms with Gasteiger partial charge in [-0.3, -0.25) is 0 Å². The van der Waals surface area contributed by atoms with Gasteiger partial charge in [-0.2, -0.15) is 21.0 Å². The minimum absolute atomic E-state index is 0.00621. The van der Waals surface area contributed by atoms with E-state index in [4.69, 9.17) is 0 Å². The topological polar surface area (TPSA) is 108 Å². The van der Waals surface area contributed by atoms with Crippen LogP contribution in [0.4, 0.5) is 0 Å². The van der Waals surface area contributed by atoms with Gasteiger partial charge in [-0.1, -0.05) is 12.2 Å². The van der Waals surface area contributed by atoms with Gasteiger partial charge in [-0.25, -0.2) is 4.99 Å². The standard InChI is InChI=1S/C14H9N5S/c1-2-3-11-4-5-13(6-15,7-16)14(8-17,9-18)12(11)19-10-20/h2,4,12H,1,3,5H2. The Balaban J connectivity index is 3.71. The Bertz CT molecular complexity index is 642. The molecule has 20 heavy (non-hydrogen) atoms. The van der Waals surface area contributed by atoms with Crippen LogP contribution in [0.1, 0.15) is 12.8 Å². The Morgan fingerprint density at radius 2 is 1.90 bits per heavy atom. The van der Waals surface area contributed by atoms with Crippen molar-refractivity contribution in [2.75, 3.05) is 0 Å². The average Bonchev–Trinajstić information content (AvgIpc) is 2.49. The van der Waals surface area contributed by atoms with Gasteiger partial charge in [0.25, 0.3) is 0 Å². The van der Waals surface area contributed by atoms with E-state index in [-0.39, 0.29) is 6.42 Å². The van der Waals surface area contributed by atoms with E-state index in [1.165, 1.54) is 0 Å². The molecule has 0 saturated carbocycles. The summed E-state index contributed by atoms with van der Waals surface area (Å²) in [7, 11) is 0. The molecule has 1 unspecified atom stereocenters. The summed E-state index contributed by atoms with van der Waals surface area (Å²) >= 11 is 4.56. The number of hydrogen-bond donors (Lipinski definition) is 0. The van der Waals surface area contributed by atoms with Gasteiger partial charge in [0, 0.05) is 6.42 Å². The summed E-state index contributed by atoms with van der Waals surface area (Å²) in [5, 5.41) is 39.8. The molecule has 0 bridgehead atoms. The number of isothiocyanates is 1. The van der Waals surface area contributed by atoms with Crippen LogP contribution >= 0.6 is 12.2 Å². The van der Waals surface area contributed by atoms with Crippen molar-refractivity contribution in [1.82, 2.24) is 0 Å². The van der Waals surface area contributed by atoms with Crippen molar-refractivity contribution < 1.29 is 0 Å². The Labute approximate surface area is 122 Å². The van der Waals surface area contributed by atoms with Crippen LogP contribution in [-0.4, -0.2) is 11.2 Å². The Morgan fingerprint density at radius 3 is 2.30 bits per heavy atom. The van der Waals surface area contributed by atoms with Crippen LogP contribution in [0, 0.1) is 56.2 Å². The molecular weight excluding hydrogens is 270 g/mol. The molecule has 0 spiro atoms. The van der Waals surface area contributed by atoms with E-state index in [1.807, 2.05) is 24.3 Å². The molecule has 1 aliphatic carbocycles. The molecule has 1 atom stereocenters. The molecule has 0 aromatic rings. The second-order valence-electron chi connectivity index (χ2n) is 4.26. The zero-order valence-electron chi connectivity index (χ0n) is 10.5. The predicted molar refractivity (Wildman–Crippen MR) is 73.6 cm³/mol. The molecule has 0 aliphatic heterocycles. The summed E-state index contributed by atoms with van der Waals surface area (Å²) in [6.07, 6.45) is 3.64. The number of thiocarbonyl (C=S) groups is 1. The molecule has 0 saturated heterocycles. The molecule has 0 amide bonds. The number of nitrogens with zero attached hydrogens (tertiary/aromatic N) is 5. The van der Waals surface area contributed by atoms with Gasteiger partial charge in [-0.05, 0) is 24.2 Å². The van der Waals surface area contributed by atoms with Crippen LogP contribution in [0.5, 0.6) is 0 Å². The van der Waals surface area contributed by atoms with Crippen molar-refractivity contribution in [3.63, 3.8) is 0 Å². The van der Waals surface area contributed by atoms with Gasteiger partial charge in [0.15, 0.2) is 5.41 Å². The van der Waals surface area contributed by atoms with Crippen molar-refractivity contribution in [3.8, 4) is 24.3 Å². The average molecular weight is 279 g/mol. The van der Waals surface area contributed by atoms with Crippen LogP contribution in [0.15, 0.2) is 29.3 Å². The van der Waals surface area contributed by atoms with E-state index in [1.54, 1.807) is 12.2 Å². The lowest BCUT2D eigenvalue weighted by atomic mass is 9.56. The van der Waals surface area contributed by atoms with E-state index in [0.29, 0.717) is 12.0 Å². The number of rotatable bonds is 3. The van der Waals surface area contributed by atoms with Gasteiger partial charge in [0.1, 0.15) is 6.04 Å². The monoisotopic (exact) mass is 279 g/mol. The molecule has 0 fully saturated rings. The number of allylic oxidation sites excluding steroid dienone is 2. The second kappa shape index (κ2) is 5.92. The lowest BCUT2D eigenvalue weighted by Crippen LogP contribution is -2.49. The molecule has 0 N–H and O–H groups in total. The molecule has 6 heteroatoms. The first-order valence-electron chi connectivity index (χ1n) is 5.63. The van der Waals surface area contributed by atoms with Crippen molar-refractivity contribution in [2.24, 2.45) is 15.8 Å². The van der Waals surface area contributed by atoms with E-state index in [9.17, 15) is 21.0 Å². The minimum Gasteiger partial charge on any atom is -0.222 e. The predicted octanol–water partition coefficient (Wildman–Crippen LogP) is 2.43. The maximum absolute atomic E-state index is 9.47. The fourth-order valence-electron chi connectivity index (χ4n) is 2.29. The first-order chi connectivity index (χ1) is 9.61. The fraction of sp³-hybridized carbons (Fsp3) is 0.357. The highest BCUT2D eigenvalue weighted by Crippen LogP contribution is 2.51. The van der Waals surface area contributed by atoms with Crippen LogP contribution in [0.2, 0.25) is 0 Å². The van der Waals surface area contributed by atoms with Gasteiger partial charge < -0.3 is 0 Å². The van der Waals surface area contributed by atoms with E-state index in [2.05, 4.69) is 29.0 Å². The molecular formula is C14H9N5S. The summed E-state index contributed by atoms with van der Waals surface area (Å²) < 4.78 is 0. The first kappa shape index (κ1) is 15.3. The minimum atomic E-state index is -1.91. The van der Waals surface area contributed by atoms with E-state index < -0.39 is 16.9 Å². The lowest BCUT2D eigenvalue weighted by Gasteiger charge is -2.39. The van der Waals surface area contributed by atoms with Gasteiger partial charge in [0.05, 0.1) is 29.4 Å². The number of nitriles is 4. The largest absolute Gasteiger partial charge is 0.222 e. The quantitative estimate of drug-likeness (QED) is 0.448. The highest BCUT2D eigenvalue weighted by atomic mass is 32.1. The molecule has 0 aromatic carbocycles. The van der Waals surface area contributed by atoms with Gasteiger partial charge in [-0.15, -0.1) is 6.58 Å². The third kappa shape index (κ3) is 1.91. The third-order valence-electron chi connectivity index (χ3n) is 3.40. The SMILES string of the molecule is C=CCC1=CCC(C#N)(C#N)C(C#N)(C#N)C1N=C=S. The lowest BCUT2D eigenvalue weighted by molar-refractivity contribution is 0.250. The molecule has 1 aliphatic rings. The molecule has 0 heterocycles. The summed E-state index contributed by atoms with van der Waals surface area (Å²) in [5.41, 5.74) is -3.04. The van der Waals surface area contributed by atoms with E-state index >= 15 is 0 Å². The van der Waals surface area contributed by atoms with Crippen LogP contribution < -0.4 is 0 Å². The van der Waals surface area contributed by atoms with Crippen LogP contribution in [0.3, 0.4) is 0 Å². The molecule has 5 nitrogen and oxygen atoms in total. The maximum Gasteiger partial charge on any atom is 0.202 e. The van der Waals surface area contributed by atoms with Crippen LogP contribution in [-0.2, 0) is 0 Å². The molecule has 0 aromatic heterocycles.